The predicted molar refractivity (Wildman–Crippen MR) is 115 cm³/mol. The third-order valence-corrected chi connectivity index (χ3v) is 5.06. The first kappa shape index (κ1) is 23.7. The molecule has 0 spiro atoms. The first-order valence-corrected chi connectivity index (χ1v) is 10.6. The Labute approximate surface area is 186 Å². The van der Waals surface area contributed by atoms with E-state index in [-0.39, 0.29) is 43.7 Å². The van der Waals surface area contributed by atoms with Gasteiger partial charge >= 0.3 is 0 Å². The third-order valence-electron chi connectivity index (χ3n) is 5.06. The van der Waals surface area contributed by atoms with Crippen LogP contribution >= 0.6 is 0 Å². The van der Waals surface area contributed by atoms with Gasteiger partial charge in [0.25, 0.3) is 11.8 Å². The summed E-state index contributed by atoms with van der Waals surface area (Å²) in [6, 6.07) is 12.0. The molecule has 2 aromatic carbocycles. The maximum atomic E-state index is 14.1. The maximum absolute atomic E-state index is 14.1. The molecule has 1 aliphatic heterocycles. The third kappa shape index (κ3) is 6.50. The van der Waals surface area contributed by atoms with Crippen LogP contribution in [-0.4, -0.2) is 67.1 Å². The monoisotopic (exact) mass is 446 g/mol. The molecule has 1 atom stereocenters. The number of halogens is 2. The Bertz CT molecular complexity index is 923. The van der Waals surface area contributed by atoms with E-state index in [9.17, 15) is 18.4 Å². The summed E-state index contributed by atoms with van der Waals surface area (Å²) in [7, 11) is 0. The van der Waals surface area contributed by atoms with Crippen molar-refractivity contribution in [2.45, 2.75) is 20.0 Å². The molecule has 2 aromatic rings. The van der Waals surface area contributed by atoms with Crippen LogP contribution in [0.25, 0.3) is 0 Å². The molecular weight excluding hydrogens is 418 g/mol. The van der Waals surface area contributed by atoms with Crippen molar-refractivity contribution in [2.75, 3.05) is 39.4 Å². The molecule has 0 bridgehead atoms. The zero-order chi connectivity index (χ0) is 23.1. The van der Waals surface area contributed by atoms with Gasteiger partial charge < -0.3 is 19.3 Å². The van der Waals surface area contributed by atoms with E-state index in [0.29, 0.717) is 24.9 Å². The summed E-state index contributed by atoms with van der Waals surface area (Å²) in [4.78, 5) is 28.7. The van der Waals surface area contributed by atoms with Gasteiger partial charge in [-0.25, -0.2) is 8.78 Å². The number of hydrogen-bond donors (Lipinski definition) is 0. The number of ether oxygens (including phenoxy) is 2. The topological polar surface area (TPSA) is 59.1 Å². The van der Waals surface area contributed by atoms with Crippen LogP contribution in [0.2, 0.25) is 0 Å². The summed E-state index contributed by atoms with van der Waals surface area (Å²) in [5.41, 5.74) is -0.182. The summed E-state index contributed by atoms with van der Waals surface area (Å²) < 4.78 is 38.6. The highest BCUT2D eigenvalue weighted by molar-refractivity contribution is 5.94. The number of benzene rings is 2. The van der Waals surface area contributed by atoms with E-state index >= 15 is 0 Å². The highest BCUT2D eigenvalue weighted by atomic mass is 19.1. The maximum Gasteiger partial charge on any atom is 0.260 e. The van der Waals surface area contributed by atoms with Crippen LogP contribution in [0.1, 0.15) is 24.2 Å². The Hall–Kier alpha value is -3.00. The Morgan fingerprint density at radius 3 is 2.62 bits per heavy atom. The molecule has 0 saturated carbocycles. The average Bonchev–Trinajstić information content (AvgIpc) is 2.77. The van der Waals surface area contributed by atoms with Crippen molar-refractivity contribution in [1.29, 1.82) is 0 Å². The molecular formula is C24H28F2N2O4. The number of nitrogens with zero attached hydrogens (tertiary/aromatic N) is 2. The van der Waals surface area contributed by atoms with Crippen LogP contribution < -0.4 is 4.74 Å². The summed E-state index contributed by atoms with van der Waals surface area (Å²) in [6.45, 7) is 5.47. The van der Waals surface area contributed by atoms with Gasteiger partial charge in [-0.2, -0.15) is 0 Å². The number of hydrogen-bond acceptors (Lipinski definition) is 4. The second-order valence-electron chi connectivity index (χ2n) is 8.16. The molecule has 1 fully saturated rings. The lowest BCUT2D eigenvalue weighted by molar-refractivity contribution is -0.137. The first-order chi connectivity index (χ1) is 15.3. The fourth-order valence-electron chi connectivity index (χ4n) is 3.57. The predicted octanol–water partition coefficient (Wildman–Crippen LogP) is 3.37. The molecule has 0 radical (unpaired) electrons. The minimum absolute atomic E-state index is 0.104. The van der Waals surface area contributed by atoms with Crippen molar-refractivity contribution < 1.29 is 27.8 Å². The number of carbonyl (C=O) groups excluding carboxylic acids is 2. The minimum Gasteiger partial charge on any atom is -0.484 e. The number of carbonyl (C=O) groups is 2. The molecule has 0 aliphatic carbocycles. The zero-order valence-electron chi connectivity index (χ0n) is 18.3. The molecule has 6 nitrogen and oxygen atoms in total. The van der Waals surface area contributed by atoms with Crippen molar-refractivity contribution in [1.82, 2.24) is 9.80 Å². The largest absolute Gasteiger partial charge is 0.484 e. The highest BCUT2D eigenvalue weighted by Crippen LogP contribution is 2.16. The van der Waals surface area contributed by atoms with Crippen molar-refractivity contribution in [2.24, 2.45) is 5.92 Å². The Balaban J connectivity index is 1.62. The fraction of sp³-hybridized carbons (Fsp3) is 0.417. The van der Waals surface area contributed by atoms with Crippen LogP contribution in [0, 0.1) is 17.6 Å². The number of para-hydroxylation sites is 1. The quantitative estimate of drug-likeness (QED) is 0.624. The van der Waals surface area contributed by atoms with Crippen LogP contribution in [0.3, 0.4) is 0 Å². The number of rotatable bonds is 8. The van der Waals surface area contributed by atoms with Gasteiger partial charge in [0, 0.05) is 32.2 Å². The Kier molecular flexibility index (Phi) is 8.16. The second kappa shape index (κ2) is 11.0. The molecule has 1 aliphatic rings. The zero-order valence-corrected chi connectivity index (χ0v) is 18.3. The smallest absolute Gasteiger partial charge is 0.260 e. The minimum atomic E-state index is -0.896. The van der Waals surface area contributed by atoms with E-state index < -0.39 is 23.6 Å². The lowest BCUT2D eigenvalue weighted by Crippen LogP contribution is -2.51. The molecule has 172 valence electrons. The van der Waals surface area contributed by atoms with Gasteiger partial charge in [-0.05, 0) is 30.2 Å². The van der Waals surface area contributed by atoms with Gasteiger partial charge in [-0.3, -0.25) is 9.59 Å². The Morgan fingerprint density at radius 1 is 1.19 bits per heavy atom. The summed E-state index contributed by atoms with van der Waals surface area (Å²) >= 11 is 0. The number of amides is 2. The lowest BCUT2D eigenvalue weighted by Gasteiger charge is -2.36. The fourth-order valence-corrected chi connectivity index (χ4v) is 3.57. The van der Waals surface area contributed by atoms with E-state index in [4.69, 9.17) is 9.47 Å². The molecule has 1 saturated heterocycles. The van der Waals surface area contributed by atoms with Crippen molar-refractivity contribution in [3.63, 3.8) is 0 Å². The van der Waals surface area contributed by atoms with Crippen molar-refractivity contribution in [3.05, 3.63) is 65.7 Å². The van der Waals surface area contributed by atoms with Crippen LogP contribution in [0.5, 0.6) is 5.75 Å². The SMILES string of the molecule is CC(C)CN(CC1CN(C(=O)c2ccc(F)cc2F)CCO1)C(=O)COc1ccccc1. The van der Waals surface area contributed by atoms with Gasteiger partial charge in [0.15, 0.2) is 6.61 Å². The molecule has 0 N–H and O–H groups in total. The molecule has 3 rings (SSSR count). The molecule has 32 heavy (non-hydrogen) atoms. The Morgan fingerprint density at radius 2 is 1.94 bits per heavy atom. The molecule has 0 aromatic heterocycles. The van der Waals surface area contributed by atoms with E-state index in [1.807, 2.05) is 32.0 Å². The van der Waals surface area contributed by atoms with E-state index in [1.54, 1.807) is 17.0 Å². The van der Waals surface area contributed by atoms with Crippen molar-refractivity contribution in [3.8, 4) is 5.75 Å². The molecule has 1 heterocycles. The van der Waals surface area contributed by atoms with E-state index in [1.165, 1.54) is 4.90 Å². The average molecular weight is 446 g/mol. The summed E-state index contributed by atoms with van der Waals surface area (Å²) in [5, 5.41) is 0. The van der Waals surface area contributed by atoms with Gasteiger partial charge in [0.1, 0.15) is 17.4 Å². The van der Waals surface area contributed by atoms with Crippen LogP contribution in [0.15, 0.2) is 48.5 Å². The van der Waals surface area contributed by atoms with Crippen molar-refractivity contribution >= 4 is 11.8 Å². The standard InChI is InChI=1S/C24H28F2N2O4/c1-17(2)13-28(23(29)16-32-19-6-4-3-5-7-19)15-20-14-27(10-11-31-20)24(30)21-9-8-18(25)12-22(21)26/h3-9,12,17,20H,10-11,13-16H2,1-2H3. The van der Waals surface area contributed by atoms with Crippen LogP contribution in [-0.2, 0) is 9.53 Å². The van der Waals surface area contributed by atoms with Gasteiger partial charge in [-0.15, -0.1) is 0 Å². The molecule has 1 unspecified atom stereocenters. The van der Waals surface area contributed by atoms with Gasteiger partial charge in [0.2, 0.25) is 0 Å². The summed E-state index contributed by atoms with van der Waals surface area (Å²) in [5.74, 6) is -1.50. The molecule has 2 amide bonds. The lowest BCUT2D eigenvalue weighted by atomic mass is 10.1. The number of morpholine rings is 1. The van der Waals surface area contributed by atoms with Gasteiger partial charge in [0.05, 0.1) is 18.3 Å². The second-order valence-corrected chi connectivity index (χ2v) is 8.16. The molecule has 8 heteroatoms. The van der Waals surface area contributed by atoms with Gasteiger partial charge in [-0.1, -0.05) is 32.0 Å². The normalized spacial score (nSPS) is 16.2. The first-order valence-electron chi connectivity index (χ1n) is 10.6. The highest BCUT2D eigenvalue weighted by Gasteiger charge is 2.29. The summed E-state index contributed by atoms with van der Waals surface area (Å²) in [6.07, 6.45) is -0.421. The van der Waals surface area contributed by atoms with E-state index in [0.717, 1.165) is 12.1 Å². The van der Waals surface area contributed by atoms with E-state index in [2.05, 4.69) is 0 Å². The van der Waals surface area contributed by atoms with Crippen LogP contribution in [0.4, 0.5) is 8.78 Å².